The molecule has 1 heterocycles. The Morgan fingerprint density at radius 2 is 1.72 bits per heavy atom. The van der Waals surface area contributed by atoms with Crippen LogP contribution in [0.3, 0.4) is 0 Å². The lowest BCUT2D eigenvalue weighted by molar-refractivity contribution is -0.121. The first-order chi connectivity index (χ1) is 17.2. The van der Waals surface area contributed by atoms with Crippen molar-refractivity contribution in [3.8, 4) is 0 Å². The van der Waals surface area contributed by atoms with E-state index >= 15 is 0 Å². The SMILES string of the molecule is Cc1c(Cl)cccc1NC(=O)Cn1c(=O)n(CCCCC(=O)NCCC(C)C)c(=O)c2ccccc21. The van der Waals surface area contributed by atoms with Gasteiger partial charge in [0, 0.05) is 30.2 Å². The molecule has 0 bridgehead atoms. The molecule has 9 heteroatoms. The molecule has 0 fully saturated rings. The number of unbranched alkanes of at least 4 members (excludes halogenated alkanes) is 1. The molecule has 3 rings (SSSR count). The maximum Gasteiger partial charge on any atom is 0.331 e. The van der Waals surface area contributed by atoms with Crippen molar-refractivity contribution in [2.24, 2.45) is 5.92 Å². The fourth-order valence-electron chi connectivity index (χ4n) is 3.94. The molecule has 1 aromatic heterocycles. The van der Waals surface area contributed by atoms with Crippen molar-refractivity contribution in [2.75, 3.05) is 11.9 Å². The van der Waals surface area contributed by atoms with Gasteiger partial charge in [0.25, 0.3) is 5.56 Å². The van der Waals surface area contributed by atoms with Gasteiger partial charge < -0.3 is 10.6 Å². The molecule has 0 saturated carbocycles. The Hall–Kier alpha value is -3.39. The van der Waals surface area contributed by atoms with Gasteiger partial charge in [0.1, 0.15) is 6.54 Å². The third-order valence-corrected chi connectivity index (χ3v) is 6.46. The number of halogens is 1. The maximum absolute atomic E-state index is 13.3. The van der Waals surface area contributed by atoms with Crippen molar-refractivity contribution < 1.29 is 9.59 Å². The predicted octanol–water partition coefficient (Wildman–Crippen LogP) is 4.10. The fraction of sp³-hybridized carbons (Fsp3) is 0.407. The van der Waals surface area contributed by atoms with E-state index < -0.39 is 17.2 Å². The van der Waals surface area contributed by atoms with E-state index in [4.69, 9.17) is 11.6 Å². The summed E-state index contributed by atoms with van der Waals surface area (Å²) in [6, 6.07) is 11.9. The number of nitrogens with zero attached hydrogens (tertiary/aromatic N) is 2. The molecule has 0 aliphatic rings. The predicted molar refractivity (Wildman–Crippen MR) is 144 cm³/mol. The van der Waals surface area contributed by atoms with Crippen molar-refractivity contribution in [2.45, 2.75) is 59.5 Å². The van der Waals surface area contributed by atoms with Gasteiger partial charge in [-0.25, -0.2) is 4.79 Å². The zero-order valence-corrected chi connectivity index (χ0v) is 21.7. The van der Waals surface area contributed by atoms with E-state index in [9.17, 15) is 19.2 Å². The Balaban J connectivity index is 1.75. The number of nitrogens with one attached hydrogen (secondary N) is 2. The van der Waals surface area contributed by atoms with Crippen molar-refractivity contribution >= 4 is 40.0 Å². The number of rotatable bonds is 11. The van der Waals surface area contributed by atoms with E-state index in [1.165, 1.54) is 4.57 Å². The number of para-hydroxylation sites is 1. The molecule has 8 nitrogen and oxygen atoms in total. The molecule has 36 heavy (non-hydrogen) atoms. The minimum absolute atomic E-state index is 0.0353. The molecule has 0 aliphatic heterocycles. The average molecular weight is 513 g/mol. The Bertz CT molecular complexity index is 1360. The van der Waals surface area contributed by atoms with Crippen LogP contribution in [0.2, 0.25) is 5.02 Å². The topological polar surface area (TPSA) is 102 Å². The van der Waals surface area contributed by atoms with Crippen LogP contribution in [0.15, 0.2) is 52.1 Å². The normalized spacial score (nSPS) is 11.1. The van der Waals surface area contributed by atoms with E-state index in [2.05, 4.69) is 24.5 Å². The number of fused-ring (bicyclic) bond motifs is 1. The first kappa shape index (κ1) is 27.2. The highest BCUT2D eigenvalue weighted by Crippen LogP contribution is 2.23. The van der Waals surface area contributed by atoms with Gasteiger partial charge >= 0.3 is 5.69 Å². The minimum atomic E-state index is -0.557. The van der Waals surface area contributed by atoms with E-state index in [1.54, 1.807) is 49.4 Å². The molecule has 192 valence electrons. The summed E-state index contributed by atoms with van der Waals surface area (Å²) in [5.74, 6) is 0.0756. The number of aromatic nitrogens is 2. The minimum Gasteiger partial charge on any atom is -0.356 e. The molecule has 0 radical (unpaired) electrons. The van der Waals surface area contributed by atoms with Gasteiger partial charge in [-0.15, -0.1) is 0 Å². The molecular weight excluding hydrogens is 480 g/mol. The summed E-state index contributed by atoms with van der Waals surface area (Å²) in [5.41, 5.74) is 0.719. The summed E-state index contributed by atoms with van der Waals surface area (Å²) in [6.45, 7) is 6.54. The smallest absolute Gasteiger partial charge is 0.331 e. The van der Waals surface area contributed by atoms with Gasteiger partial charge in [-0.3, -0.25) is 23.5 Å². The number of hydrogen-bond acceptors (Lipinski definition) is 4. The fourth-order valence-corrected chi connectivity index (χ4v) is 4.12. The number of carbonyl (C=O) groups is 2. The number of hydrogen-bond donors (Lipinski definition) is 2. The average Bonchev–Trinajstić information content (AvgIpc) is 2.84. The van der Waals surface area contributed by atoms with E-state index in [1.807, 2.05) is 0 Å². The second kappa shape index (κ2) is 12.5. The van der Waals surface area contributed by atoms with Gasteiger partial charge in [-0.05, 0) is 61.9 Å². The highest BCUT2D eigenvalue weighted by atomic mass is 35.5. The second-order valence-corrected chi connectivity index (χ2v) is 9.70. The standard InChI is InChI=1S/C27H33ClN4O4/c1-18(2)14-15-29-24(33)13-6-7-16-31-26(35)20-9-4-5-12-23(20)32(27(31)36)17-25(34)30-22-11-8-10-21(28)19(22)3/h4-5,8-12,18H,6-7,13-17H2,1-3H3,(H,29,33)(H,30,34). The quantitative estimate of drug-likeness (QED) is 0.378. The van der Waals surface area contributed by atoms with Crippen LogP contribution in [0.4, 0.5) is 5.69 Å². The lowest BCUT2D eigenvalue weighted by atomic mass is 10.1. The highest BCUT2D eigenvalue weighted by Gasteiger charge is 2.16. The molecule has 0 atom stereocenters. The maximum atomic E-state index is 13.3. The van der Waals surface area contributed by atoms with Crippen molar-refractivity contribution in [1.29, 1.82) is 0 Å². The number of anilines is 1. The molecular formula is C27H33ClN4O4. The third-order valence-electron chi connectivity index (χ3n) is 6.06. The van der Waals surface area contributed by atoms with Crippen LogP contribution < -0.4 is 21.9 Å². The number of carbonyl (C=O) groups excluding carboxylic acids is 2. The molecule has 0 unspecified atom stereocenters. The molecule has 3 aromatic rings. The van der Waals surface area contributed by atoms with Crippen molar-refractivity contribution in [3.05, 3.63) is 73.9 Å². The van der Waals surface area contributed by atoms with Crippen LogP contribution in [-0.2, 0) is 22.7 Å². The monoisotopic (exact) mass is 512 g/mol. The summed E-state index contributed by atoms with van der Waals surface area (Å²) in [7, 11) is 0. The van der Waals surface area contributed by atoms with Crippen LogP contribution in [0, 0.1) is 12.8 Å². The summed E-state index contributed by atoms with van der Waals surface area (Å²) in [4.78, 5) is 51.2. The van der Waals surface area contributed by atoms with Crippen LogP contribution >= 0.6 is 11.6 Å². The highest BCUT2D eigenvalue weighted by molar-refractivity contribution is 6.31. The summed E-state index contributed by atoms with van der Waals surface area (Å²) >= 11 is 6.15. The Labute approximate surface area is 215 Å². The molecule has 0 spiro atoms. The zero-order valence-electron chi connectivity index (χ0n) is 21.0. The largest absolute Gasteiger partial charge is 0.356 e. The van der Waals surface area contributed by atoms with Gasteiger partial charge in [-0.2, -0.15) is 0 Å². The van der Waals surface area contributed by atoms with Crippen LogP contribution in [0.25, 0.3) is 10.9 Å². The Morgan fingerprint density at radius 1 is 0.972 bits per heavy atom. The zero-order chi connectivity index (χ0) is 26.2. The Kier molecular flexibility index (Phi) is 9.47. The Morgan fingerprint density at radius 3 is 2.47 bits per heavy atom. The molecule has 2 amide bonds. The first-order valence-corrected chi connectivity index (χ1v) is 12.6. The molecule has 2 aromatic carbocycles. The summed E-state index contributed by atoms with van der Waals surface area (Å²) in [6.07, 6.45) is 2.28. The molecule has 0 aliphatic carbocycles. The third kappa shape index (κ3) is 6.85. The lowest BCUT2D eigenvalue weighted by Gasteiger charge is -2.15. The lowest BCUT2D eigenvalue weighted by Crippen LogP contribution is -2.41. The van der Waals surface area contributed by atoms with Gasteiger partial charge in [-0.1, -0.05) is 43.6 Å². The number of benzene rings is 2. The van der Waals surface area contributed by atoms with E-state index in [0.717, 1.165) is 16.6 Å². The summed E-state index contributed by atoms with van der Waals surface area (Å²) < 4.78 is 2.46. The van der Waals surface area contributed by atoms with E-state index in [0.29, 0.717) is 53.3 Å². The van der Waals surface area contributed by atoms with Gasteiger partial charge in [0.2, 0.25) is 11.8 Å². The van der Waals surface area contributed by atoms with Crippen LogP contribution in [-0.4, -0.2) is 27.5 Å². The first-order valence-electron chi connectivity index (χ1n) is 12.2. The molecule has 2 N–H and O–H groups in total. The van der Waals surface area contributed by atoms with Crippen LogP contribution in [0.5, 0.6) is 0 Å². The van der Waals surface area contributed by atoms with Gasteiger partial charge in [0.05, 0.1) is 10.9 Å². The van der Waals surface area contributed by atoms with Crippen molar-refractivity contribution in [3.63, 3.8) is 0 Å². The van der Waals surface area contributed by atoms with Crippen molar-refractivity contribution in [1.82, 2.24) is 14.5 Å². The summed E-state index contributed by atoms with van der Waals surface area (Å²) in [5, 5.41) is 6.57. The number of amides is 2. The van der Waals surface area contributed by atoms with Crippen LogP contribution in [0.1, 0.15) is 45.1 Å². The van der Waals surface area contributed by atoms with E-state index in [-0.39, 0.29) is 19.0 Å². The second-order valence-electron chi connectivity index (χ2n) is 9.29. The van der Waals surface area contributed by atoms with Gasteiger partial charge in [0.15, 0.2) is 0 Å². The molecule has 0 saturated heterocycles.